The summed E-state index contributed by atoms with van der Waals surface area (Å²) < 4.78 is 28.8. The highest BCUT2D eigenvalue weighted by molar-refractivity contribution is 8.26. The minimum atomic E-state index is -0.914. The number of hydrogen-bond acceptors (Lipinski definition) is 8. The van der Waals surface area contributed by atoms with E-state index >= 15 is 0 Å². The van der Waals surface area contributed by atoms with Crippen molar-refractivity contribution in [1.29, 1.82) is 10.8 Å². The van der Waals surface area contributed by atoms with Crippen LogP contribution in [0.1, 0.15) is 47.8 Å². The van der Waals surface area contributed by atoms with Crippen LogP contribution >= 0.6 is 11.8 Å². The second-order valence-corrected chi connectivity index (χ2v) is 11.5. The molecule has 1 aromatic heterocycles. The van der Waals surface area contributed by atoms with Gasteiger partial charge in [0.15, 0.2) is 11.4 Å². The van der Waals surface area contributed by atoms with Gasteiger partial charge in [0.05, 0.1) is 34.8 Å². The highest BCUT2D eigenvalue weighted by atomic mass is 32.2. The van der Waals surface area contributed by atoms with Crippen molar-refractivity contribution < 1.29 is 23.5 Å². The standard InChI is InChI=1S/C26H26F2N6O4S/c1-2-32-25(38)21-23(37)22(36)16(24(30)39-19(29)7-13-3-4-14(27)8-17(13)28)11-34(21)33-10-15-5-6-20(35)31(15)12-26(32)9-18(26)33/h3-4,8,11,15,18,29-30,37H,2,5-7,9-10,12H2,1H3. The second-order valence-electron chi connectivity index (χ2n) is 10.4. The Morgan fingerprint density at radius 1 is 1.23 bits per heavy atom. The molecule has 10 nitrogen and oxygen atoms in total. The van der Waals surface area contributed by atoms with Crippen LogP contribution in [-0.4, -0.2) is 78.7 Å². The summed E-state index contributed by atoms with van der Waals surface area (Å²) in [4.78, 5) is 43.1. The van der Waals surface area contributed by atoms with E-state index in [-0.39, 0.29) is 51.3 Å². The molecule has 0 radical (unpaired) electrons. The molecule has 2 saturated heterocycles. The van der Waals surface area contributed by atoms with Crippen LogP contribution in [0.3, 0.4) is 0 Å². The van der Waals surface area contributed by atoms with Crippen LogP contribution in [0.25, 0.3) is 0 Å². The first-order chi connectivity index (χ1) is 18.6. The molecular formula is C26H26F2N6O4S. The summed E-state index contributed by atoms with van der Waals surface area (Å²) >= 11 is 0.613. The fraction of sp³-hybridized carbons (Fsp3) is 0.423. The minimum absolute atomic E-state index is 0.0499. The van der Waals surface area contributed by atoms with Gasteiger partial charge in [-0.15, -0.1) is 0 Å². The molecule has 2 amide bonds. The van der Waals surface area contributed by atoms with Crippen molar-refractivity contribution in [2.45, 2.75) is 50.2 Å². The third kappa shape index (κ3) is 3.85. The van der Waals surface area contributed by atoms with Crippen molar-refractivity contribution in [3.63, 3.8) is 0 Å². The van der Waals surface area contributed by atoms with Gasteiger partial charge in [0.2, 0.25) is 11.3 Å². The van der Waals surface area contributed by atoms with E-state index in [4.69, 9.17) is 10.8 Å². The van der Waals surface area contributed by atoms with Crippen LogP contribution in [0.2, 0.25) is 0 Å². The summed E-state index contributed by atoms with van der Waals surface area (Å²) in [5.74, 6) is -2.81. The molecule has 4 heterocycles. The Labute approximate surface area is 226 Å². The number of rotatable bonds is 4. The lowest BCUT2D eigenvalue weighted by atomic mass is 10.1. The van der Waals surface area contributed by atoms with E-state index in [2.05, 4.69) is 0 Å². The van der Waals surface area contributed by atoms with Gasteiger partial charge in [-0.1, -0.05) is 17.8 Å². The molecule has 3 fully saturated rings. The first-order valence-corrected chi connectivity index (χ1v) is 13.5. The SMILES string of the molecule is CCN1C(=O)c2c(O)c(=O)c(C(=N)SC(=N)Cc3ccc(F)cc3F)cn2N2CC3CCC(=O)N3CC13CC23. The number of thioether (sulfide) groups is 1. The second kappa shape index (κ2) is 8.90. The largest absolute Gasteiger partial charge is 0.502 e. The number of nitrogens with zero attached hydrogens (tertiary/aromatic N) is 4. The third-order valence-electron chi connectivity index (χ3n) is 8.24. The van der Waals surface area contributed by atoms with Crippen LogP contribution in [-0.2, 0) is 11.2 Å². The quantitative estimate of drug-likeness (QED) is 0.390. The molecule has 204 valence electrons. The zero-order valence-electron chi connectivity index (χ0n) is 21.0. The molecule has 2 aromatic rings. The van der Waals surface area contributed by atoms with E-state index in [0.717, 1.165) is 6.07 Å². The number of halogens is 2. The number of hydrogen-bond donors (Lipinski definition) is 3. The van der Waals surface area contributed by atoms with Crippen molar-refractivity contribution in [2.75, 3.05) is 24.6 Å². The van der Waals surface area contributed by atoms with E-state index in [9.17, 15) is 28.3 Å². The Kier molecular flexibility index (Phi) is 5.83. The molecule has 3 unspecified atom stereocenters. The molecule has 1 aromatic carbocycles. The summed E-state index contributed by atoms with van der Waals surface area (Å²) in [6, 6.07) is 2.78. The maximum Gasteiger partial charge on any atom is 0.277 e. The zero-order valence-corrected chi connectivity index (χ0v) is 21.9. The van der Waals surface area contributed by atoms with E-state index in [0.29, 0.717) is 56.7 Å². The van der Waals surface area contributed by atoms with Gasteiger partial charge in [-0.25, -0.2) is 8.78 Å². The first-order valence-electron chi connectivity index (χ1n) is 12.7. The van der Waals surface area contributed by atoms with Gasteiger partial charge < -0.3 is 19.9 Å². The number of likely N-dealkylation sites (N-methyl/N-ethyl adjacent to an activating group) is 1. The van der Waals surface area contributed by atoms with E-state index < -0.39 is 34.3 Å². The van der Waals surface area contributed by atoms with Crippen LogP contribution in [0.5, 0.6) is 5.75 Å². The molecule has 2 bridgehead atoms. The molecule has 39 heavy (non-hydrogen) atoms. The predicted octanol–water partition coefficient (Wildman–Crippen LogP) is 2.04. The molecule has 1 aliphatic carbocycles. The number of carbonyl (C=O) groups is 2. The number of carbonyl (C=O) groups excluding carboxylic acids is 2. The van der Waals surface area contributed by atoms with Crippen LogP contribution in [0.15, 0.2) is 29.2 Å². The monoisotopic (exact) mass is 556 g/mol. The maximum atomic E-state index is 14.1. The number of aromatic nitrogens is 1. The molecule has 13 heteroatoms. The molecule has 3 atom stereocenters. The van der Waals surface area contributed by atoms with Gasteiger partial charge in [-0.2, -0.15) is 0 Å². The fourth-order valence-corrected chi connectivity index (χ4v) is 7.00. The number of nitrogens with one attached hydrogen (secondary N) is 2. The fourth-order valence-electron chi connectivity index (χ4n) is 6.27. The van der Waals surface area contributed by atoms with Crippen LogP contribution in [0, 0.1) is 22.5 Å². The Hall–Kier alpha value is -3.74. The van der Waals surface area contributed by atoms with Gasteiger partial charge in [0.1, 0.15) is 16.7 Å². The van der Waals surface area contributed by atoms with Crippen molar-refractivity contribution in [1.82, 2.24) is 14.5 Å². The molecule has 0 spiro atoms. The van der Waals surface area contributed by atoms with Crippen LogP contribution in [0.4, 0.5) is 8.78 Å². The number of benzene rings is 1. The van der Waals surface area contributed by atoms with E-state index in [1.165, 1.54) is 16.9 Å². The molecule has 4 aliphatic rings. The number of pyridine rings is 1. The molecule has 1 saturated carbocycles. The minimum Gasteiger partial charge on any atom is -0.502 e. The lowest BCUT2D eigenvalue weighted by Crippen LogP contribution is -2.52. The summed E-state index contributed by atoms with van der Waals surface area (Å²) in [7, 11) is 0. The highest BCUT2D eigenvalue weighted by Crippen LogP contribution is 2.51. The molecule has 3 aliphatic heterocycles. The predicted molar refractivity (Wildman–Crippen MR) is 140 cm³/mol. The van der Waals surface area contributed by atoms with Crippen molar-refractivity contribution in [2.24, 2.45) is 0 Å². The van der Waals surface area contributed by atoms with Gasteiger partial charge in [0, 0.05) is 38.2 Å². The average molecular weight is 557 g/mol. The first kappa shape index (κ1) is 25.5. The maximum absolute atomic E-state index is 14.1. The van der Waals surface area contributed by atoms with Crippen molar-refractivity contribution in [3.8, 4) is 5.75 Å². The normalized spacial score (nSPS) is 25.1. The Morgan fingerprint density at radius 3 is 2.72 bits per heavy atom. The Balaban J connectivity index is 1.37. The van der Waals surface area contributed by atoms with Gasteiger partial charge in [-0.05, 0) is 31.4 Å². The molecular weight excluding hydrogens is 530 g/mol. The Morgan fingerprint density at radius 2 is 2.00 bits per heavy atom. The van der Waals surface area contributed by atoms with Crippen LogP contribution < -0.4 is 10.4 Å². The average Bonchev–Trinajstić information content (AvgIpc) is 3.53. The smallest absolute Gasteiger partial charge is 0.277 e. The van der Waals surface area contributed by atoms with E-state index in [1.807, 2.05) is 16.8 Å². The third-order valence-corrected chi connectivity index (χ3v) is 9.05. The molecule has 6 rings (SSSR count). The van der Waals surface area contributed by atoms with Gasteiger partial charge in [-0.3, -0.25) is 29.9 Å². The summed E-state index contributed by atoms with van der Waals surface area (Å²) in [5.41, 5.74) is -1.87. The van der Waals surface area contributed by atoms with Crippen molar-refractivity contribution >= 4 is 33.7 Å². The Bertz CT molecular complexity index is 1530. The lowest BCUT2D eigenvalue weighted by molar-refractivity contribution is -0.129. The number of amides is 2. The van der Waals surface area contributed by atoms with Gasteiger partial charge in [0.25, 0.3) is 5.91 Å². The zero-order chi connectivity index (χ0) is 27.8. The summed E-state index contributed by atoms with van der Waals surface area (Å²) in [6.07, 6.45) is 2.85. The lowest BCUT2D eigenvalue weighted by Gasteiger charge is -2.35. The molecule has 3 N–H and O–H groups in total. The topological polar surface area (TPSA) is 134 Å². The summed E-state index contributed by atoms with van der Waals surface area (Å²) in [5, 5.41) is 29.2. The van der Waals surface area contributed by atoms with E-state index in [1.54, 1.807) is 4.90 Å². The number of aromatic hydroxyl groups is 1. The van der Waals surface area contributed by atoms with Crippen molar-refractivity contribution in [3.05, 3.63) is 63.1 Å². The highest BCUT2D eigenvalue weighted by Gasteiger charge is 2.67. The summed E-state index contributed by atoms with van der Waals surface area (Å²) in [6.45, 7) is 2.94. The van der Waals surface area contributed by atoms with Gasteiger partial charge >= 0.3 is 0 Å². The number of fused-ring (bicyclic) bond motifs is 3.